The van der Waals surface area contributed by atoms with E-state index in [4.69, 9.17) is 9.15 Å². The van der Waals surface area contributed by atoms with E-state index in [1.165, 1.54) is 0 Å². The fourth-order valence-electron chi connectivity index (χ4n) is 3.35. The average molecular weight is 350 g/mol. The van der Waals surface area contributed by atoms with Crippen LogP contribution >= 0.6 is 0 Å². The average Bonchev–Trinajstić information content (AvgIpc) is 3.05. The van der Waals surface area contributed by atoms with Crippen LogP contribution in [0.5, 0.6) is 5.75 Å². The van der Waals surface area contributed by atoms with Crippen LogP contribution < -0.4 is 10.1 Å². The first-order valence-corrected chi connectivity index (χ1v) is 8.93. The number of hydrogen-bond donors (Lipinski definition) is 1. The predicted molar refractivity (Wildman–Crippen MR) is 100 cm³/mol. The molecule has 1 N–H and O–H groups in total. The van der Waals surface area contributed by atoms with Gasteiger partial charge in [0.15, 0.2) is 5.76 Å². The van der Waals surface area contributed by atoms with Crippen LogP contribution in [0.15, 0.2) is 59.0 Å². The lowest BCUT2D eigenvalue weighted by atomic mass is 10.1. The van der Waals surface area contributed by atoms with Gasteiger partial charge in [0, 0.05) is 36.6 Å². The zero-order valence-corrected chi connectivity index (χ0v) is 14.8. The largest absolute Gasteiger partial charge is 0.489 e. The molecule has 0 saturated carbocycles. The third-order valence-corrected chi connectivity index (χ3v) is 4.67. The Morgan fingerprint density at radius 3 is 2.77 bits per heavy atom. The van der Waals surface area contributed by atoms with E-state index in [1.54, 1.807) is 0 Å². The summed E-state index contributed by atoms with van der Waals surface area (Å²) in [6.45, 7) is 4.53. The number of carbonyl (C=O) groups is 1. The summed E-state index contributed by atoms with van der Waals surface area (Å²) in [6.07, 6.45) is 0. The Kier molecular flexibility index (Phi) is 4.63. The van der Waals surface area contributed by atoms with Crippen LogP contribution in [0.2, 0.25) is 0 Å². The number of piperazine rings is 1. The number of nitrogens with one attached hydrogen (secondary N) is 1. The first kappa shape index (κ1) is 16.7. The minimum Gasteiger partial charge on any atom is -0.489 e. The zero-order valence-electron chi connectivity index (χ0n) is 14.8. The topological polar surface area (TPSA) is 54.7 Å². The zero-order chi connectivity index (χ0) is 17.9. The van der Waals surface area contributed by atoms with Crippen molar-refractivity contribution in [3.05, 3.63) is 65.9 Å². The molecule has 3 aromatic rings. The van der Waals surface area contributed by atoms with Gasteiger partial charge < -0.3 is 19.4 Å². The fraction of sp³-hybridized carbons (Fsp3) is 0.286. The van der Waals surface area contributed by atoms with E-state index >= 15 is 0 Å². The van der Waals surface area contributed by atoms with Gasteiger partial charge in [0.05, 0.1) is 0 Å². The molecule has 1 aliphatic rings. The summed E-state index contributed by atoms with van der Waals surface area (Å²) in [5.74, 6) is 1.09. The normalized spacial score (nSPS) is 17.4. The number of carbonyl (C=O) groups excluding carboxylic acids is 1. The first-order chi connectivity index (χ1) is 12.7. The monoisotopic (exact) mass is 350 g/mol. The van der Waals surface area contributed by atoms with E-state index in [9.17, 15) is 4.79 Å². The van der Waals surface area contributed by atoms with Gasteiger partial charge in [-0.05, 0) is 25.1 Å². The quantitative estimate of drug-likeness (QED) is 0.783. The number of hydrogen-bond acceptors (Lipinski definition) is 4. The van der Waals surface area contributed by atoms with Crippen molar-refractivity contribution in [3.63, 3.8) is 0 Å². The highest BCUT2D eigenvalue weighted by Crippen LogP contribution is 2.28. The SMILES string of the molecule is CC1CN(C(=O)c2oc3ccccc3c2COc2ccccc2)CCN1. The van der Waals surface area contributed by atoms with Crippen molar-refractivity contribution in [3.8, 4) is 5.75 Å². The highest BCUT2D eigenvalue weighted by atomic mass is 16.5. The van der Waals surface area contributed by atoms with Crippen LogP contribution in [-0.2, 0) is 6.61 Å². The molecule has 0 bridgehead atoms. The molecule has 0 spiro atoms. The van der Waals surface area contributed by atoms with Gasteiger partial charge in [-0.15, -0.1) is 0 Å². The van der Waals surface area contributed by atoms with Crippen molar-refractivity contribution in [2.75, 3.05) is 19.6 Å². The van der Waals surface area contributed by atoms with E-state index in [-0.39, 0.29) is 11.9 Å². The molecule has 0 radical (unpaired) electrons. The Labute approximate surface area is 152 Å². The number of benzene rings is 2. The third-order valence-electron chi connectivity index (χ3n) is 4.67. The Bertz CT molecular complexity index is 904. The van der Waals surface area contributed by atoms with Crippen LogP contribution in [0.25, 0.3) is 11.0 Å². The van der Waals surface area contributed by atoms with Crippen LogP contribution in [0.4, 0.5) is 0 Å². The summed E-state index contributed by atoms with van der Waals surface area (Å²) in [4.78, 5) is 14.9. The van der Waals surface area contributed by atoms with Crippen molar-refractivity contribution < 1.29 is 13.9 Å². The van der Waals surface area contributed by atoms with Crippen molar-refractivity contribution >= 4 is 16.9 Å². The molecule has 0 aliphatic carbocycles. The van der Waals surface area contributed by atoms with Gasteiger partial charge in [0.1, 0.15) is 17.9 Å². The van der Waals surface area contributed by atoms with E-state index in [0.29, 0.717) is 31.0 Å². The highest BCUT2D eigenvalue weighted by molar-refractivity contribution is 5.99. The van der Waals surface area contributed by atoms with Crippen LogP contribution in [0.1, 0.15) is 23.0 Å². The number of fused-ring (bicyclic) bond motifs is 1. The molecule has 2 aromatic carbocycles. The third kappa shape index (κ3) is 3.30. The van der Waals surface area contributed by atoms with Gasteiger partial charge in [-0.2, -0.15) is 0 Å². The number of rotatable bonds is 4. The first-order valence-electron chi connectivity index (χ1n) is 8.93. The molecule has 5 nitrogen and oxygen atoms in total. The predicted octanol–water partition coefficient (Wildman–Crippen LogP) is 3.45. The van der Waals surface area contributed by atoms with E-state index in [1.807, 2.05) is 59.5 Å². The maximum absolute atomic E-state index is 13.1. The molecular weight excluding hydrogens is 328 g/mol. The smallest absolute Gasteiger partial charge is 0.290 e. The Hall–Kier alpha value is -2.79. The summed E-state index contributed by atoms with van der Waals surface area (Å²) < 4.78 is 11.9. The second-order valence-electron chi connectivity index (χ2n) is 6.61. The summed E-state index contributed by atoms with van der Waals surface area (Å²) in [5.41, 5.74) is 1.52. The molecule has 1 fully saturated rings. The molecule has 134 valence electrons. The number of furan rings is 1. The number of para-hydroxylation sites is 2. The Balaban J connectivity index is 1.66. The molecule has 1 atom stereocenters. The van der Waals surface area contributed by atoms with E-state index in [0.717, 1.165) is 23.2 Å². The van der Waals surface area contributed by atoms with Gasteiger partial charge in [-0.25, -0.2) is 0 Å². The van der Waals surface area contributed by atoms with Gasteiger partial charge in [-0.3, -0.25) is 4.79 Å². The van der Waals surface area contributed by atoms with Crippen LogP contribution in [-0.4, -0.2) is 36.5 Å². The molecule has 5 heteroatoms. The maximum Gasteiger partial charge on any atom is 0.290 e. The van der Waals surface area contributed by atoms with Gasteiger partial charge in [0.2, 0.25) is 0 Å². The molecule has 1 saturated heterocycles. The van der Waals surface area contributed by atoms with Crippen LogP contribution in [0.3, 0.4) is 0 Å². The van der Waals surface area contributed by atoms with Gasteiger partial charge in [-0.1, -0.05) is 36.4 Å². The second kappa shape index (κ2) is 7.22. The standard InChI is InChI=1S/C21H22N2O3/c1-15-13-23(12-11-22-15)21(24)20-18(14-25-16-7-3-2-4-8-16)17-9-5-6-10-19(17)26-20/h2-10,15,22H,11-14H2,1H3. The lowest BCUT2D eigenvalue weighted by Crippen LogP contribution is -2.51. The maximum atomic E-state index is 13.1. The summed E-state index contributed by atoms with van der Waals surface area (Å²) in [7, 11) is 0. The molecule has 1 amide bonds. The van der Waals surface area contributed by atoms with Crippen molar-refractivity contribution in [1.82, 2.24) is 10.2 Å². The summed E-state index contributed by atoms with van der Waals surface area (Å²) >= 11 is 0. The van der Waals surface area contributed by atoms with Crippen molar-refractivity contribution in [2.24, 2.45) is 0 Å². The fourth-order valence-corrected chi connectivity index (χ4v) is 3.35. The van der Waals surface area contributed by atoms with E-state index in [2.05, 4.69) is 12.2 Å². The number of amides is 1. The lowest BCUT2D eigenvalue weighted by Gasteiger charge is -2.31. The highest BCUT2D eigenvalue weighted by Gasteiger charge is 2.28. The molecule has 2 heterocycles. The van der Waals surface area contributed by atoms with Crippen molar-refractivity contribution in [1.29, 1.82) is 0 Å². The minimum atomic E-state index is -0.0683. The van der Waals surface area contributed by atoms with Gasteiger partial charge in [0.25, 0.3) is 5.91 Å². The molecule has 1 aliphatic heterocycles. The van der Waals surface area contributed by atoms with E-state index < -0.39 is 0 Å². The number of ether oxygens (including phenoxy) is 1. The van der Waals surface area contributed by atoms with Crippen LogP contribution in [0, 0.1) is 0 Å². The second-order valence-corrected chi connectivity index (χ2v) is 6.61. The lowest BCUT2D eigenvalue weighted by molar-refractivity contribution is 0.0675. The van der Waals surface area contributed by atoms with Crippen molar-refractivity contribution in [2.45, 2.75) is 19.6 Å². The molecule has 4 rings (SSSR count). The molecule has 1 aromatic heterocycles. The summed E-state index contributed by atoms with van der Waals surface area (Å²) in [5, 5.41) is 4.28. The minimum absolute atomic E-state index is 0.0683. The Morgan fingerprint density at radius 1 is 1.19 bits per heavy atom. The Morgan fingerprint density at radius 2 is 1.96 bits per heavy atom. The molecular formula is C21H22N2O3. The number of nitrogens with zero attached hydrogens (tertiary/aromatic N) is 1. The molecule has 26 heavy (non-hydrogen) atoms. The van der Waals surface area contributed by atoms with Gasteiger partial charge >= 0.3 is 0 Å². The summed E-state index contributed by atoms with van der Waals surface area (Å²) in [6, 6.07) is 17.6. The molecule has 1 unspecified atom stereocenters.